The first-order chi connectivity index (χ1) is 10.3. The SMILES string of the molecule is COc1nc(N)nc2[nH]cc(-c3ccn4nccc4c3)c12. The highest BCUT2D eigenvalue weighted by Crippen LogP contribution is 2.34. The van der Waals surface area contributed by atoms with Crippen molar-refractivity contribution in [1.82, 2.24) is 24.6 Å². The van der Waals surface area contributed by atoms with Crippen molar-refractivity contribution in [1.29, 1.82) is 0 Å². The summed E-state index contributed by atoms with van der Waals surface area (Å²) in [5.41, 5.74) is 9.33. The van der Waals surface area contributed by atoms with Crippen LogP contribution in [0, 0.1) is 0 Å². The van der Waals surface area contributed by atoms with Gasteiger partial charge in [-0.2, -0.15) is 15.1 Å². The molecule has 7 heteroatoms. The predicted molar refractivity (Wildman–Crippen MR) is 79.0 cm³/mol. The lowest BCUT2D eigenvalue weighted by Crippen LogP contribution is -1.98. The number of rotatable bonds is 2. The second kappa shape index (κ2) is 4.20. The number of ether oxygens (including phenoxy) is 1. The molecule has 4 heterocycles. The normalized spacial score (nSPS) is 11.3. The lowest BCUT2D eigenvalue weighted by atomic mass is 10.1. The Kier molecular flexibility index (Phi) is 2.34. The number of nitrogen functional groups attached to an aromatic ring is 1. The lowest BCUT2D eigenvalue weighted by Gasteiger charge is -2.05. The van der Waals surface area contributed by atoms with E-state index in [9.17, 15) is 0 Å². The molecule has 0 radical (unpaired) electrons. The molecular weight excluding hydrogens is 268 g/mol. The van der Waals surface area contributed by atoms with Gasteiger partial charge in [-0.05, 0) is 23.8 Å². The Balaban J connectivity index is 2.01. The average Bonchev–Trinajstić information content (AvgIpc) is 3.11. The van der Waals surface area contributed by atoms with Gasteiger partial charge in [-0.1, -0.05) is 0 Å². The molecule has 7 nitrogen and oxygen atoms in total. The topological polar surface area (TPSA) is 94.1 Å². The number of aromatic amines is 1. The molecule has 4 rings (SSSR count). The number of nitrogens with one attached hydrogen (secondary N) is 1. The van der Waals surface area contributed by atoms with Crippen LogP contribution in [0.25, 0.3) is 27.7 Å². The highest BCUT2D eigenvalue weighted by atomic mass is 16.5. The van der Waals surface area contributed by atoms with E-state index in [2.05, 4.69) is 20.1 Å². The number of H-pyrrole nitrogens is 1. The molecule has 0 spiro atoms. The molecule has 0 aliphatic carbocycles. The number of hydrogen-bond donors (Lipinski definition) is 2. The molecular formula is C14H12N6O. The molecule has 0 saturated carbocycles. The van der Waals surface area contributed by atoms with Crippen molar-refractivity contribution in [3.05, 3.63) is 36.8 Å². The summed E-state index contributed by atoms with van der Waals surface area (Å²) in [6.45, 7) is 0. The Hall–Kier alpha value is -3.09. The molecule has 0 amide bonds. The van der Waals surface area contributed by atoms with Crippen molar-refractivity contribution in [3.8, 4) is 17.0 Å². The minimum Gasteiger partial charge on any atom is -0.480 e. The second-order valence-corrected chi connectivity index (χ2v) is 4.63. The molecule has 0 unspecified atom stereocenters. The van der Waals surface area contributed by atoms with Crippen LogP contribution in [0.4, 0.5) is 5.95 Å². The number of methoxy groups -OCH3 is 1. The third-order valence-electron chi connectivity index (χ3n) is 3.42. The maximum atomic E-state index is 5.67. The highest BCUT2D eigenvalue weighted by molar-refractivity contribution is 5.98. The Bertz CT molecular complexity index is 955. The summed E-state index contributed by atoms with van der Waals surface area (Å²) in [7, 11) is 1.57. The van der Waals surface area contributed by atoms with Gasteiger partial charge >= 0.3 is 0 Å². The second-order valence-electron chi connectivity index (χ2n) is 4.63. The molecule has 4 aromatic rings. The zero-order valence-corrected chi connectivity index (χ0v) is 11.2. The van der Waals surface area contributed by atoms with Gasteiger partial charge in [-0.25, -0.2) is 4.52 Å². The largest absolute Gasteiger partial charge is 0.480 e. The summed E-state index contributed by atoms with van der Waals surface area (Å²) >= 11 is 0. The number of anilines is 1. The lowest BCUT2D eigenvalue weighted by molar-refractivity contribution is 0.403. The summed E-state index contributed by atoms with van der Waals surface area (Å²) in [5.74, 6) is 0.640. The Labute approximate surface area is 119 Å². The number of pyridine rings is 1. The van der Waals surface area contributed by atoms with Crippen LogP contribution < -0.4 is 10.5 Å². The summed E-state index contributed by atoms with van der Waals surface area (Å²) < 4.78 is 7.14. The molecule has 3 N–H and O–H groups in total. The van der Waals surface area contributed by atoms with E-state index in [-0.39, 0.29) is 5.95 Å². The summed E-state index contributed by atoms with van der Waals surface area (Å²) in [4.78, 5) is 11.4. The van der Waals surface area contributed by atoms with Gasteiger partial charge in [0.2, 0.25) is 11.8 Å². The molecule has 0 atom stereocenters. The number of hydrogen-bond acceptors (Lipinski definition) is 5. The third kappa shape index (κ3) is 1.71. The van der Waals surface area contributed by atoms with Crippen LogP contribution in [0.15, 0.2) is 36.8 Å². The molecule has 0 bridgehead atoms. The fraction of sp³-hybridized carbons (Fsp3) is 0.0714. The smallest absolute Gasteiger partial charge is 0.228 e. The zero-order valence-electron chi connectivity index (χ0n) is 11.2. The number of aromatic nitrogens is 5. The van der Waals surface area contributed by atoms with Crippen LogP contribution in [0.2, 0.25) is 0 Å². The summed E-state index contributed by atoms with van der Waals surface area (Å²) in [6, 6.07) is 5.98. The summed E-state index contributed by atoms with van der Waals surface area (Å²) in [5, 5.41) is 5.01. The van der Waals surface area contributed by atoms with E-state index in [4.69, 9.17) is 10.5 Å². The monoisotopic (exact) mass is 280 g/mol. The van der Waals surface area contributed by atoms with Gasteiger partial charge in [0.1, 0.15) is 5.65 Å². The Morgan fingerprint density at radius 3 is 3.05 bits per heavy atom. The Morgan fingerprint density at radius 2 is 2.19 bits per heavy atom. The first kappa shape index (κ1) is 11.7. The van der Waals surface area contributed by atoms with Crippen LogP contribution in [0.1, 0.15) is 0 Å². The minimum absolute atomic E-state index is 0.180. The maximum Gasteiger partial charge on any atom is 0.228 e. The molecule has 21 heavy (non-hydrogen) atoms. The van der Waals surface area contributed by atoms with Crippen molar-refractivity contribution in [2.75, 3.05) is 12.8 Å². The van der Waals surface area contributed by atoms with Crippen LogP contribution in [0.3, 0.4) is 0 Å². The van der Waals surface area contributed by atoms with Crippen molar-refractivity contribution in [2.24, 2.45) is 0 Å². The van der Waals surface area contributed by atoms with Crippen molar-refractivity contribution in [2.45, 2.75) is 0 Å². The maximum absolute atomic E-state index is 5.67. The quantitative estimate of drug-likeness (QED) is 0.584. The summed E-state index contributed by atoms with van der Waals surface area (Å²) in [6.07, 6.45) is 5.55. The van der Waals surface area contributed by atoms with E-state index >= 15 is 0 Å². The van der Waals surface area contributed by atoms with Gasteiger partial charge in [0.25, 0.3) is 0 Å². The third-order valence-corrected chi connectivity index (χ3v) is 3.42. The van der Waals surface area contributed by atoms with Crippen molar-refractivity contribution >= 4 is 22.5 Å². The first-order valence-corrected chi connectivity index (χ1v) is 6.38. The molecule has 0 fully saturated rings. The minimum atomic E-state index is 0.180. The predicted octanol–water partition coefficient (Wildman–Crippen LogP) is 1.86. The molecule has 0 saturated heterocycles. The van der Waals surface area contributed by atoms with E-state index in [0.29, 0.717) is 11.5 Å². The molecule has 0 aromatic carbocycles. The molecule has 104 valence electrons. The van der Waals surface area contributed by atoms with E-state index in [1.807, 2.05) is 35.1 Å². The standard InChI is InChI=1S/C14H12N6O/c1-21-13-11-10(7-16-12(11)18-14(15)19-13)8-3-5-20-9(6-8)2-4-17-20/h2-7H,1H3,(H3,15,16,18,19). The van der Waals surface area contributed by atoms with E-state index in [0.717, 1.165) is 22.0 Å². The van der Waals surface area contributed by atoms with Crippen molar-refractivity contribution in [3.63, 3.8) is 0 Å². The van der Waals surface area contributed by atoms with Crippen LogP contribution >= 0.6 is 0 Å². The van der Waals surface area contributed by atoms with Gasteiger partial charge in [0, 0.05) is 24.2 Å². The van der Waals surface area contributed by atoms with Gasteiger partial charge in [-0.15, -0.1) is 0 Å². The van der Waals surface area contributed by atoms with E-state index < -0.39 is 0 Å². The highest BCUT2D eigenvalue weighted by Gasteiger charge is 2.15. The molecule has 4 aromatic heterocycles. The van der Waals surface area contributed by atoms with Gasteiger partial charge < -0.3 is 15.5 Å². The van der Waals surface area contributed by atoms with Gasteiger partial charge in [0.05, 0.1) is 18.0 Å². The fourth-order valence-corrected chi connectivity index (χ4v) is 2.48. The van der Waals surface area contributed by atoms with Crippen LogP contribution in [-0.2, 0) is 0 Å². The molecule has 0 aliphatic heterocycles. The zero-order chi connectivity index (χ0) is 14.4. The van der Waals surface area contributed by atoms with Gasteiger partial charge in [-0.3, -0.25) is 0 Å². The number of nitrogens with two attached hydrogens (primary N) is 1. The molecule has 0 aliphatic rings. The van der Waals surface area contributed by atoms with Crippen LogP contribution in [-0.4, -0.2) is 31.7 Å². The van der Waals surface area contributed by atoms with Crippen molar-refractivity contribution < 1.29 is 4.74 Å². The van der Waals surface area contributed by atoms with Crippen LogP contribution in [0.5, 0.6) is 5.88 Å². The van der Waals surface area contributed by atoms with E-state index in [1.54, 1.807) is 13.3 Å². The Morgan fingerprint density at radius 1 is 1.29 bits per heavy atom. The van der Waals surface area contributed by atoms with E-state index in [1.165, 1.54) is 0 Å². The van der Waals surface area contributed by atoms with Gasteiger partial charge in [0.15, 0.2) is 0 Å². The number of nitrogens with zero attached hydrogens (tertiary/aromatic N) is 4. The fourth-order valence-electron chi connectivity index (χ4n) is 2.48. The first-order valence-electron chi connectivity index (χ1n) is 6.38. The number of fused-ring (bicyclic) bond motifs is 2. The average molecular weight is 280 g/mol.